The number of rotatable bonds is 11. The molecule has 120 valence electrons. The van der Waals surface area contributed by atoms with Gasteiger partial charge in [0.05, 0.1) is 6.61 Å². The van der Waals surface area contributed by atoms with Gasteiger partial charge in [0, 0.05) is 18.7 Å². The first-order valence-corrected chi connectivity index (χ1v) is 8.48. The second kappa shape index (κ2) is 11.1. The molecule has 0 saturated heterocycles. The van der Waals surface area contributed by atoms with Crippen LogP contribution in [0.2, 0.25) is 5.02 Å². The van der Waals surface area contributed by atoms with Gasteiger partial charge >= 0.3 is 0 Å². The highest BCUT2D eigenvalue weighted by Gasteiger charge is 2.15. The van der Waals surface area contributed by atoms with Gasteiger partial charge in [-0.1, -0.05) is 56.5 Å². The van der Waals surface area contributed by atoms with Gasteiger partial charge in [0.1, 0.15) is 0 Å². The van der Waals surface area contributed by atoms with E-state index in [1.165, 1.54) is 24.8 Å². The summed E-state index contributed by atoms with van der Waals surface area (Å²) in [6.45, 7) is 7.33. The molecular formula is C18H30ClNO. The molecule has 1 rings (SSSR count). The topological polar surface area (TPSA) is 21.3 Å². The first kappa shape index (κ1) is 18.5. The summed E-state index contributed by atoms with van der Waals surface area (Å²) in [5.74, 6) is 1.40. The lowest BCUT2D eigenvalue weighted by Crippen LogP contribution is -2.28. The fourth-order valence-electron chi connectivity index (χ4n) is 2.87. The van der Waals surface area contributed by atoms with Crippen LogP contribution in [0.25, 0.3) is 0 Å². The molecule has 0 aliphatic carbocycles. The third-order valence-electron chi connectivity index (χ3n) is 3.90. The minimum absolute atomic E-state index is 0.628. The molecule has 0 saturated carbocycles. The van der Waals surface area contributed by atoms with E-state index in [9.17, 15) is 0 Å². The number of halogens is 1. The number of hydrogen-bond donors (Lipinski definition) is 1. The van der Waals surface area contributed by atoms with Crippen LogP contribution in [-0.4, -0.2) is 26.8 Å². The summed E-state index contributed by atoms with van der Waals surface area (Å²) in [6.07, 6.45) is 4.86. The third kappa shape index (κ3) is 7.85. The van der Waals surface area contributed by atoms with E-state index >= 15 is 0 Å². The van der Waals surface area contributed by atoms with Gasteiger partial charge in [-0.05, 0) is 42.9 Å². The Hall–Kier alpha value is -0.570. The van der Waals surface area contributed by atoms with E-state index in [0.29, 0.717) is 5.92 Å². The minimum atomic E-state index is 0.628. The Bertz CT molecular complexity index is 383. The summed E-state index contributed by atoms with van der Waals surface area (Å²) in [5, 5.41) is 4.40. The fraction of sp³-hybridized carbons (Fsp3) is 0.667. The largest absolute Gasteiger partial charge is 0.383 e. The van der Waals surface area contributed by atoms with Gasteiger partial charge in [-0.3, -0.25) is 0 Å². The molecule has 0 aromatic heterocycles. The summed E-state index contributed by atoms with van der Waals surface area (Å²) < 4.78 is 5.10. The lowest BCUT2D eigenvalue weighted by atomic mass is 9.88. The Labute approximate surface area is 135 Å². The summed E-state index contributed by atoms with van der Waals surface area (Å²) in [7, 11) is 1.74. The molecule has 21 heavy (non-hydrogen) atoms. The van der Waals surface area contributed by atoms with E-state index in [-0.39, 0.29) is 0 Å². The highest BCUT2D eigenvalue weighted by atomic mass is 35.5. The maximum atomic E-state index is 6.31. The van der Waals surface area contributed by atoms with Crippen molar-refractivity contribution < 1.29 is 4.74 Å². The van der Waals surface area contributed by atoms with Crippen LogP contribution in [0, 0.1) is 11.8 Å². The van der Waals surface area contributed by atoms with Crippen molar-refractivity contribution in [3.05, 3.63) is 34.9 Å². The van der Waals surface area contributed by atoms with Gasteiger partial charge in [-0.25, -0.2) is 0 Å². The summed E-state index contributed by atoms with van der Waals surface area (Å²) in [4.78, 5) is 0. The smallest absolute Gasteiger partial charge is 0.0587 e. The van der Waals surface area contributed by atoms with Crippen molar-refractivity contribution in [2.75, 3.05) is 26.8 Å². The van der Waals surface area contributed by atoms with E-state index in [1.807, 2.05) is 12.1 Å². The molecule has 2 atom stereocenters. The maximum absolute atomic E-state index is 6.31. The first-order valence-electron chi connectivity index (χ1n) is 8.10. The van der Waals surface area contributed by atoms with Crippen molar-refractivity contribution in [3.8, 4) is 0 Å². The zero-order valence-electron chi connectivity index (χ0n) is 13.7. The van der Waals surface area contributed by atoms with Crippen LogP contribution < -0.4 is 5.32 Å². The zero-order chi connectivity index (χ0) is 15.5. The van der Waals surface area contributed by atoms with Crippen LogP contribution in [0.15, 0.2) is 24.3 Å². The first-order chi connectivity index (χ1) is 10.2. The Kier molecular flexibility index (Phi) is 9.73. The van der Waals surface area contributed by atoms with Crippen LogP contribution in [0.4, 0.5) is 0 Å². The quantitative estimate of drug-likeness (QED) is 0.605. The van der Waals surface area contributed by atoms with Gasteiger partial charge in [0.15, 0.2) is 0 Å². The van der Waals surface area contributed by atoms with Crippen molar-refractivity contribution >= 4 is 11.6 Å². The standard InChI is InChI=1S/C18H30ClNO/c1-4-7-15(2)12-16(14-20-10-11-21-3)13-17-8-5-6-9-18(17)19/h5-6,8-9,15-16,20H,4,7,10-14H2,1-3H3. The molecule has 0 aliphatic heterocycles. The van der Waals surface area contributed by atoms with E-state index in [2.05, 4.69) is 31.3 Å². The lowest BCUT2D eigenvalue weighted by Gasteiger charge is -2.22. The lowest BCUT2D eigenvalue weighted by molar-refractivity contribution is 0.196. The molecule has 1 aromatic rings. The number of benzene rings is 1. The second-order valence-corrected chi connectivity index (χ2v) is 6.40. The van der Waals surface area contributed by atoms with Crippen molar-refractivity contribution in [3.63, 3.8) is 0 Å². The molecule has 3 heteroatoms. The molecule has 0 fully saturated rings. The molecule has 1 N–H and O–H groups in total. The maximum Gasteiger partial charge on any atom is 0.0587 e. The zero-order valence-corrected chi connectivity index (χ0v) is 14.5. The molecule has 2 unspecified atom stereocenters. The van der Waals surface area contributed by atoms with E-state index < -0.39 is 0 Å². The molecule has 0 bridgehead atoms. The molecule has 0 radical (unpaired) electrons. The second-order valence-electron chi connectivity index (χ2n) is 5.99. The molecule has 0 spiro atoms. The van der Waals surface area contributed by atoms with E-state index in [1.54, 1.807) is 7.11 Å². The normalized spacial score (nSPS) is 14.1. The average Bonchev–Trinajstić information content (AvgIpc) is 2.46. The van der Waals surface area contributed by atoms with Crippen LogP contribution >= 0.6 is 11.6 Å². The third-order valence-corrected chi connectivity index (χ3v) is 4.27. The van der Waals surface area contributed by atoms with Gasteiger partial charge in [-0.2, -0.15) is 0 Å². The van der Waals surface area contributed by atoms with Crippen molar-refractivity contribution in [1.29, 1.82) is 0 Å². The number of ether oxygens (including phenoxy) is 1. The highest BCUT2D eigenvalue weighted by Crippen LogP contribution is 2.24. The Morgan fingerprint density at radius 3 is 2.71 bits per heavy atom. The summed E-state index contributed by atoms with van der Waals surface area (Å²) in [5.41, 5.74) is 1.27. The van der Waals surface area contributed by atoms with Crippen molar-refractivity contribution in [2.45, 2.75) is 39.5 Å². The molecule has 0 heterocycles. The summed E-state index contributed by atoms with van der Waals surface area (Å²) in [6, 6.07) is 8.21. The van der Waals surface area contributed by atoms with Crippen molar-refractivity contribution in [1.82, 2.24) is 5.32 Å². The SMILES string of the molecule is CCCC(C)CC(CNCCOC)Cc1ccccc1Cl. The fourth-order valence-corrected chi connectivity index (χ4v) is 3.09. The molecule has 2 nitrogen and oxygen atoms in total. The highest BCUT2D eigenvalue weighted by molar-refractivity contribution is 6.31. The van der Waals surface area contributed by atoms with Crippen LogP contribution in [0.5, 0.6) is 0 Å². The molecule has 0 aliphatic rings. The van der Waals surface area contributed by atoms with Gasteiger partial charge in [0.2, 0.25) is 0 Å². The van der Waals surface area contributed by atoms with Crippen LogP contribution in [0.3, 0.4) is 0 Å². The number of methoxy groups -OCH3 is 1. The van der Waals surface area contributed by atoms with Gasteiger partial charge < -0.3 is 10.1 Å². The van der Waals surface area contributed by atoms with Gasteiger partial charge in [-0.15, -0.1) is 0 Å². The Morgan fingerprint density at radius 1 is 1.29 bits per heavy atom. The summed E-state index contributed by atoms with van der Waals surface area (Å²) >= 11 is 6.31. The predicted molar refractivity (Wildman–Crippen MR) is 92.1 cm³/mol. The number of hydrogen-bond acceptors (Lipinski definition) is 2. The van der Waals surface area contributed by atoms with Gasteiger partial charge in [0.25, 0.3) is 0 Å². The number of nitrogens with one attached hydrogen (secondary N) is 1. The monoisotopic (exact) mass is 311 g/mol. The van der Waals surface area contributed by atoms with E-state index in [0.717, 1.165) is 37.1 Å². The molecule has 1 aromatic carbocycles. The Balaban J connectivity index is 2.55. The average molecular weight is 312 g/mol. The van der Waals surface area contributed by atoms with Crippen LogP contribution in [0.1, 0.15) is 38.7 Å². The van der Waals surface area contributed by atoms with E-state index in [4.69, 9.17) is 16.3 Å². The Morgan fingerprint density at radius 2 is 2.05 bits per heavy atom. The predicted octanol–water partition coefficient (Wildman–Crippen LogP) is 4.56. The van der Waals surface area contributed by atoms with Crippen molar-refractivity contribution in [2.24, 2.45) is 11.8 Å². The molecular weight excluding hydrogens is 282 g/mol. The van der Waals surface area contributed by atoms with Crippen LogP contribution in [-0.2, 0) is 11.2 Å². The molecule has 0 amide bonds. The minimum Gasteiger partial charge on any atom is -0.383 e.